The third-order valence-electron chi connectivity index (χ3n) is 1.77. The van der Waals surface area contributed by atoms with E-state index in [9.17, 15) is 4.79 Å². The van der Waals surface area contributed by atoms with Crippen LogP contribution in [0.25, 0.3) is 0 Å². The number of aromatic nitrogens is 2. The van der Waals surface area contributed by atoms with Crippen molar-refractivity contribution in [1.29, 1.82) is 0 Å². The minimum atomic E-state index is 0.0143. The van der Waals surface area contributed by atoms with E-state index in [1.54, 1.807) is 6.20 Å². The summed E-state index contributed by atoms with van der Waals surface area (Å²) in [6.07, 6.45) is 4.92. The number of alkyl halides is 1. The predicted molar refractivity (Wildman–Crippen MR) is 55.2 cm³/mol. The quantitative estimate of drug-likeness (QED) is 0.569. The largest absolute Gasteiger partial charge is 0.356 e. The molecule has 1 N–H and O–H groups in total. The van der Waals surface area contributed by atoms with Gasteiger partial charge in [-0.05, 0) is 12.5 Å². The first-order chi connectivity index (χ1) is 6.83. The first-order valence-corrected chi connectivity index (χ1v) is 5.16. The van der Waals surface area contributed by atoms with E-state index in [0.29, 0.717) is 18.8 Å². The number of hydrogen-bond acceptors (Lipinski definition) is 2. The molecular formula is C9H14ClN3O. The fourth-order valence-corrected chi connectivity index (χ4v) is 1.25. The Morgan fingerprint density at radius 1 is 1.57 bits per heavy atom. The smallest absolute Gasteiger partial charge is 0.221 e. The zero-order valence-electron chi connectivity index (χ0n) is 7.95. The van der Waals surface area contributed by atoms with E-state index >= 15 is 0 Å². The lowest BCUT2D eigenvalue weighted by Crippen LogP contribution is -2.25. The average molecular weight is 216 g/mol. The van der Waals surface area contributed by atoms with E-state index in [1.165, 1.54) is 0 Å². The van der Waals surface area contributed by atoms with E-state index in [-0.39, 0.29) is 5.91 Å². The van der Waals surface area contributed by atoms with E-state index in [2.05, 4.69) is 10.4 Å². The molecule has 14 heavy (non-hydrogen) atoms. The normalized spacial score (nSPS) is 10.1. The number of amides is 1. The highest BCUT2D eigenvalue weighted by Crippen LogP contribution is 1.89. The van der Waals surface area contributed by atoms with Gasteiger partial charge in [0.2, 0.25) is 5.91 Å². The van der Waals surface area contributed by atoms with Crippen LogP contribution in [0.1, 0.15) is 12.8 Å². The lowest BCUT2D eigenvalue weighted by atomic mass is 10.4. The van der Waals surface area contributed by atoms with Gasteiger partial charge < -0.3 is 5.32 Å². The van der Waals surface area contributed by atoms with Gasteiger partial charge in [0.15, 0.2) is 0 Å². The molecule has 0 saturated heterocycles. The van der Waals surface area contributed by atoms with Gasteiger partial charge in [0.1, 0.15) is 0 Å². The summed E-state index contributed by atoms with van der Waals surface area (Å²) in [6.45, 7) is 1.50. The van der Waals surface area contributed by atoms with E-state index in [1.807, 2.05) is 16.9 Å². The highest BCUT2D eigenvalue weighted by molar-refractivity contribution is 6.18. The molecule has 0 bridgehead atoms. The molecule has 78 valence electrons. The predicted octanol–water partition coefficient (Wildman–Crippen LogP) is 1.02. The second kappa shape index (κ2) is 6.43. The summed E-state index contributed by atoms with van der Waals surface area (Å²) in [6, 6.07) is 1.88. The SMILES string of the molecule is O=C(CCCl)NCCCn1cccn1. The van der Waals surface area contributed by atoms with Crippen molar-refractivity contribution in [2.24, 2.45) is 0 Å². The Morgan fingerprint density at radius 3 is 3.07 bits per heavy atom. The van der Waals surface area contributed by atoms with Crippen molar-refractivity contribution < 1.29 is 4.79 Å². The second-order valence-corrected chi connectivity index (χ2v) is 3.29. The number of carbonyl (C=O) groups is 1. The van der Waals surface area contributed by atoms with Gasteiger partial charge in [-0.2, -0.15) is 5.10 Å². The second-order valence-electron chi connectivity index (χ2n) is 2.91. The van der Waals surface area contributed by atoms with Crippen LogP contribution >= 0.6 is 11.6 Å². The standard InChI is InChI=1S/C9H14ClN3O/c10-4-3-9(14)11-5-1-7-13-8-2-6-12-13/h2,6,8H,1,3-5,7H2,(H,11,14). The van der Waals surface area contributed by atoms with Crippen molar-refractivity contribution in [2.75, 3.05) is 12.4 Å². The van der Waals surface area contributed by atoms with Crippen molar-refractivity contribution in [3.8, 4) is 0 Å². The van der Waals surface area contributed by atoms with Crippen LogP contribution in [0.2, 0.25) is 0 Å². The van der Waals surface area contributed by atoms with Crippen LogP contribution in [0.5, 0.6) is 0 Å². The molecule has 0 spiro atoms. The Hall–Kier alpha value is -1.03. The molecule has 1 heterocycles. The van der Waals surface area contributed by atoms with Gasteiger partial charge in [0.05, 0.1) is 0 Å². The van der Waals surface area contributed by atoms with Gasteiger partial charge in [0, 0.05) is 37.8 Å². The van der Waals surface area contributed by atoms with Crippen molar-refractivity contribution in [3.63, 3.8) is 0 Å². The first-order valence-electron chi connectivity index (χ1n) is 4.63. The lowest BCUT2D eigenvalue weighted by Gasteiger charge is -2.03. The Balaban J connectivity index is 2.02. The molecule has 0 fully saturated rings. The van der Waals surface area contributed by atoms with E-state index < -0.39 is 0 Å². The van der Waals surface area contributed by atoms with Crippen LogP contribution < -0.4 is 5.32 Å². The third kappa shape index (κ3) is 4.28. The lowest BCUT2D eigenvalue weighted by molar-refractivity contribution is -0.120. The molecule has 1 amide bonds. The highest BCUT2D eigenvalue weighted by Gasteiger charge is 1.98. The summed E-state index contributed by atoms with van der Waals surface area (Å²) in [4.78, 5) is 11.0. The molecule has 0 unspecified atom stereocenters. The Kier molecular flexibility index (Phi) is 5.07. The summed E-state index contributed by atoms with van der Waals surface area (Å²) in [5.74, 6) is 0.394. The molecule has 0 aliphatic heterocycles. The van der Waals surface area contributed by atoms with Crippen LogP contribution in [0, 0.1) is 0 Å². The van der Waals surface area contributed by atoms with Gasteiger partial charge >= 0.3 is 0 Å². The number of aryl methyl sites for hydroxylation is 1. The van der Waals surface area contributed by atoms with Crippen LogP contribution in [0.3, 0.4) is 0 Å². The number of carbonyl (C=O) groups excluding carboxylic acids is 1. The van der Waals surface area contributed by atoms with E-state index in [4.69, 9.17) is 11.6 Å². The fourth-order valence-electron chi connectivity index (χ4n) is 1.08. The van der Waals surface area contributed by atoms with Crippen molar-refractivity contribution >= 4 is 17.5 Å². The van der Waals surface area contributed by atoms with Crippen molar-refractivity contribution in [3.05, 3.63) is 18.5 Å². The Labute approximate surface area is 88.2 Å². The number of nitrogens with zero attached hydrogens (tertiary/aromatic N) is 2. The molecule has 5 heteroatoms. The summed E-state index contributed by atoms with van der Waals surface area (Å²) in [5.41, 5.74) is 0. The minimum Gasteiger partial charge on any atom is -0.356 e. The maximum Gasteiger partial charge on any atom is 0.221 e. The van der Waals surface area contributed by atoms with Crippen LogP contribution in [-0.2, 0) is 11.3 Å². The number of nitrogens with one attached hydrogen (secondary N) is 1. The zero-order chi connectivity index (χ0) is 10.2. The maximum atomic E-state index is 11.0. The van der Waals surface area contributed by atoms with E-state index in [0.717, 1.165) is 13.0 Å². The fraction of sp³-hybridized carbons (Fsp3) is 0.556. The van der Waals surface area contributed by atoms with Gasteiger partial charge in [-0.15, -0.1) is 11.6 Å². The molecule has 0 aromatic carbocycles. The van der Waals surface area contributed by atoms with Crippen molar-refractivity contribution in [2.45, 2.75) is 19.4 Å². The van der Waals surface area contributed by atoms with Crippen LogP contribution in [0.4, 0.5) is 0 Å². The summed E-state index contributed by atoms with van der Waals surface area (Å²) in [7, 11) is 0. The highest BCUT2D eigenvalue weighted by atomic mass is 35.5. The first kappa shape index (κ1) is 11.0. The van der Waals surface area contributed by atoms with Gasteiger partial charge in [-0.3, -0.25) is 9.48 Å². The van der Waals surface area contributed by atoms with Gasteiger partial charge in [-0.25, -0.2) is 0 Å². The molecule has 4 nitrogen and oxygen atoms in total. The maximum absolute atomic E-state index is 11.0. The number of hydrogen-bond donors (Lipinski definition) is 1. The molecule has 1 rings (SSSR count). The van der Waals surface area contributed by atoms with Crippen LogP contribution in [0.15, 0.2) is 18.5 Å². The molecule has 0 atom stereocenters. The van der Waals surface area contributed by atoms with Crippen LogP contribution in [-0.4, -0.2) is 28.1 Å². The monoisotopic (exact) mass is 215 g/mol. The Bertz CT molecular complexity index is 261. The molecule has 0 saturated carbocycles. The van der Waals surface area contributed by atoms with Gasteiger partial charge in [-0.1, -0.05) is 0 Å². The Morgan fingerprint density at radius 2 is 2.43 bits per heavy atom. The zero-order valence-corrected chi connectivity index (χ0v) is 8.70. The molecular weight excluding hydrogens is 202 g/mol. The number of rotatable bonds is 6. The summed E-state index contributed by atoms with van der Waals surface area (Å²) < 4.78 is 1.84. The summed E-state index contributed by atoms with van der Waals surface area (Å²) in [5, 5.41) is 6.83. The van der Waals surface area contributed by atoms with Gasteiger partial charge in [0.25, 0.3) is 0 Å². The molecule has 0 aliphatic rings. The summed E-state index contributed by atoms with van der Waals surface area (Å²) >= 11 is 5.42. The molecule has 0 radical (unpaired) electrons. The topological polar surface area (TPSA) is 46.9 Å². The minimum absolute atomic E-state index is 0.0143. The molecule has 0 aliphatic carbocycles. The average Bonchev–Trinajstić information content (AvgIpc) is 2.65. The number of halogens is 1. The molecule has 1 aromatic heterocycles. The molecule has 1 aromatic rings. The third-order valence-corrected chi connectivity index (χ3v) is 1.96. The van der Waals surface area contributed by atoms with Crippen molar-refractivity contribution in [1.82, 2.24) is 15.1 Å².